The van der Waals surface area contributed by atoms with Crippen LogP contribution in [0, 0.1) is 0 Å². The molecular weight excluding hydrogens is 276 g/mol. The molecule has 2 aliphatic heterocycles. The molecule has 2 heterocycles. The zero-order chi connectivity index (χ0) is 16.1. The van der Waals surface area contributed by atoms with Crippen molar-refractivity contribution in [3.8, 4) is 0 Å². The van der Waals surface area contributed by atoms with Crippen LogP contribution < -0.4 is 5.46 Å². The van der Waals surface area contributed by atoms with Gasteiger partial charge in [-0.15, -0.1) is 0 Å². The third-order valence-corrected chi connectivity index (χ3v) is 5.33. The molecule has 0 bridgehead atoms. The summed E-state index contributed by atoms with van der Waals surface area (Å²) in [6.45, 7) is 11.8. The van der Waals surface area contributed by atoms with Crippen LogP contribution in [-0.4, -0.2) is 41.8 Å². The summed E-state index contributed by atoms with van der Waals surface area (Å²) >= 11 is 0. The Morgan fingerprint density at radius 1 is 1.14 bits per heavy atom. The first kappa shape index (κ1) is 16.1. The number of hydrogen-bond donors (Lipinski definition) is 1. The van der Waals surface area contributed by atoms with Gasteiger partial charge >= 0.3 is 14.2 Å². The zero-order valence-electron chi connectivity index (χ0n) is 14.2. The maximum absolute atomic E-state index is 9.80. The van der Waals surface area contributed by atoms with E-state index in [1.165, 1.54) is 11.1 Å². The van der Waals surface area contributed by atoms with Crippen molar-refractivity contribution in [3.05, 3.63) is 29.3 Å². The van der Waals surface area contributed by atoms with Gasteiger partial charge in [0.15, 0.2) is 0 Å². The van der Waals surface area contributed by atoms with Crippen LogP contribution in [0.15, 0.2) is 18.2 Å². The number of hydrogen-bond acceptors (Lipinski definition) is 4. The summed E-state index contributed by atoms with van der Waals surface area (Å²) in [4.78, 5) is 2.08. The molecule has 0 spiro atoms. The van der Waals surface area contributed by atoms with Crippen LogP contribution in [-0.2, 0) is 22.3 Å². The Morgan fingerprint density at radius 2 is 1.77 bits per heavy atom. The third-order valence-electron chi connectivity index (χ3n) is 5.33. The molecule has 6 heteroatoms. The summed E-state index contributed by atoms with van der Waals surface area (Å²) in [5.41, 5.74) is 3.04. The topological polar surface area (TPSA) is 41.9 Å². The van der Waals surface area contributed by atoms with Crippen LogP contribution >= 0.6 is 0 Å². The maximum atomic E-state index is 9.80. The minimum absolute atomic E-state index is 0.320. The monoisotopic (exact) mass is 301 g/mol. The average Bonchev–Trinajstić information content (AvgIpc) is 2.66. The summed E-state index contributed by atoms with van der Waals surface area (Å²) in [6, 6.07) is 6.46. The molecule has 0 saturated carbocycles. The van der Waals surface area contributed by atoms with E-state index in [1.807, 2.05) is 6.82 Å². The van der Waals surface area contributed by atoms with Crippen molar-refractivity contribution in [3.63, 3.8) is 0 Å². The highest BCUT2D eigenvalue weighted by Gasteiger charge is 2.51. The lowest BCUT2D eigenvalue weighted by Gasteiger charge is -2.32. The molecule has 0 atom stereocenters. The molecule has 1 aromatic rings. The lowest BCUT2D eigenvalue weighted by atomic mass is 9.75. The van der Waals surface area contributed by atoms with E-state index in [9.17, 15) is 5.02 Å². The van der Waals surface area contributed by atoms with Crippen molar-refractivity contribution in [2.75, 3.05) is 6.54 Å². The van der Waals surface area contributed by atoms with Crippen molar-refractivity contribution in [2.24, 2.45) is 0 Å². The summed E-state index contributed by atoms with van der Waals surface area (Å²) < 4.78 is 12.3. The van der Waals surface area contributed by atoms with Gasteiger partial charge < -0.3 is 19.1 Å². The van der Waals surface area contributed by atoms with Gasteiger partial charge in [-0.05, 0) is 64.1 Å². The normalized spacial score (nSPS) is 23.5. The summed E-state index contributed by atoms with van der Waals surface area (Å²) in [5.74, 6) is 0. The van der Waals surface area contributed by atoms with Gasteiger partial charge in [-0.3, -0.25) is 0 Å². The van der Waals surface area contributed by atoms with Gasteiger partial charge in [0.25, 0.3) is 0 Å². The van der Waals surface area contributed by atoms with Gasteiger partial charge in [0.1, 0.15) is 0 Å². The summed E-state index contributed by atoms with van der Waals surface area (Å²) in [6.07, 6.45) is 0.976. The van der Waals surface area contributed by atoms with Gasteiger partial charge in [0.05, 0.1) is 11.2 Å². The largest absolute Gasteiger partial charge is 0.494 e. The molecule has 0 amide bonds. The molecule has 0 aromatic heterocycles. The minimum Gasteiger partial charge on any atom is -0.437 e. The second kappa shape index (κ2) is 5.38. The highest BCUT2D eigenvalue weighted by atomic mass is 16.7. The molecule has 0 aliphatic carbocycles. The molecule has 1 aromatic carbocycles. The van der Waals surface area contributed by atoms with Crippen molar-refractivity contribution >= 4 is 19.6 Å². The molecular formula is C16H25B2NO3. The Hall–Kier alpha value is -0.810. The highest BCUT2D eigenvalue weighted by Crippen LogP contribution is 2.36. The van der Waals surface area contributed by atoms with Crippen molar-refractivity contribution in [1.82, 2.24) is 4.81 Å². The molecule has 2 aliphatic rings. The smallest absolute Gasteiger partial charge is 0.437 e. The minimum atomic E-state index is -0.409. The molecule has 0 unspecified atom stereocenters. The molecule has 1 N–H and O–H groups in total. The Morgan fingerprint density at radius 3 is 2.36 bits per heavy atom. The standard InChI is InChI=1S/C16H25B2NO3/c1-15(2)16(3,4)22-18(21-15)14-7-6-12-8-9-19(17(5)20)11-13(12)10-14/h6-7,10,20H,8-9,11H2,1-5H3. The number of fused-ring (bicyclic) bond motifs is 1. The fourth-order valence-electron chi connectivity index (χ4n) is 3.04. The van der Waals surface area contributed by atoms with Crippen LogP contribution in [0.25, 0.3) is 0 Å². The molecule has 0 radical (unpaired) electrons. The van der Waals surface area contributed by atoms with Crippen LogP contribution in [0.1, 0.15) is 38.8 Å². The predicted molar refractivity (Wildman–Crippen MR) is 90.1 cm³/mol. The van der Waals surface area contributed by atoms with E-state index in [-0.39, 0.29) is 18.3 Å². The van der Waals surface area contributed by atoms with Gasteiger partial charge in [0.2, 0.25) is 0 Å². The molecule has 118 valence electrons. The van der Waals surface area contributed by atoms with Crippen LogP contribution in [0.5, 0.6) is 0 Å². The Kier molecular flexibility index (Phi) is 3.92. The van der Waals surface area contributed by atoms with Crippen LogP contribution in [0.3, 0.4) is 0 Å². The molecule has 3 rings (SSSR count). The second-order valence-electron chi connectivity index (χ2n) is 7.47. The number of nitrogens with zero attached hydrogens (tertiary/aromatic N) is 1. The fourth-order valence-corrected chi connectivity index (χ4v) is 3.04. The molecule has 1 fully saturated rings. The lowest BCUT2D eigenvalue weighted by Crippen LogP contribution is -2.42. The molecule has 1 saturated heterocycles. The van der Waals surface area contributed by atoms with Gasteiger partial charge in [0, 0.05) is 6.54 Å². The Labute approximate surface area is 134 Å². The van der Waals surface area contributed by atoms with Crippen LogP contribution in [0.2, 0.25) is 6.82 Å². The lowest BCUT2D eigenvalue weighted by molar-refractivity contribution is 0.00578. The average molecular weight is 301 g/mol. The van der Waals surface area contributed by atoms with Gasteiger partial charge in [-0.2, -0.15) is 0 Å². The quantitative estimate of drug-likeness (QED) is 0.840. The summed E-state index contributed by atoms with van der Waals surface area (Å²) in [7, 11) is -0.731. The SMILES string of the molecule is CB(O)N1CCc2ccc(B3OC(C)(C)C(C)(C)O3)cc2C1. The van der Waals surface area contributed by atoms with Crippen molar-refractivity contribution < 1.29 is 14.3 Å². The predicted octanol–water partition coefficient (Wildman–Crippen LogP) is 1.45. The zero-order valence-corrected chi connectivity index (χ0v) is 14.2. The third kappa shape index (κ3) is 2.73. The van der Waals surface area contributed by atoms with Gasteiger partial charge in [-0.25, -0.2) is 0 Å². The number of rotatable bonds is 2. The second-order valence-corrected chi connectivity index (χ2v) is 7.47. The molecule has 4 nitrogen and oxygen atoms in total. The van der Waals surface area contributed by atoms with Gasteiger partial charge in [-0.1, -0.05) is 18.2 Å². The van der Waals surface area contributed by atoms with Crippen LogP contribution in [0.4, 0.5) is 0 Å². The van der Waals surface area contributed by atoms with Crippen molar-refractivity contribution in [2.45, 2.75) is 58.7 Å². The molecule has 22 heavy (non-hydrogen) atoms. The highest BCUT2D eigenvalue weighted by molar-refractivity contribution is 6.62. The van der Waals surface area contributed by atoms with E-state index in [2.05, 4.69) is 50.7 Å². The van der Waals surface area contributed by atoms with E-state index in [0.29, 0.717) is 0 Å². The van der Waals surface area contributed by atoms with E-state index in [1.54, 1.807) is 0 Å². The first-order valence-electron chi connectivity index (χ1n) is 8.09. The Balaban J connectivity index is 1.84. The van der Waals surface area contributed by atoms with E-state index < -0.39 is 7.05 Å². The van der Waals surface area contributed by atoms with E-state index in [0.717, 1.165) is 25.0 Å². The van der Waals surface area contributed by atoms with E-state index >= 15 is 0 Å². The summed E-state index contributed by atoms with van der Waals surface area (Å²) in [5, 5.41) is 9.80. The van der Waals surface area contributed by atoms with Crippen molar-refractivity contribution in [1.29, 1.82) is 0 Å². The first-order valence-corrected chi connectivity index (χ1v) is 8.09. The first-order chi connectivity index (χ1) is 10.2. The maximum Gasteiger partial charge on any atom is 0.494 e. The fraction of sp³-hybridized carbons (Fsp3) is 0.625. The number of benzene rings is 1. The Bertz CT molecular complexity index is 559. The van der Waals surface area contributed by atoms with E-state index in [4.69, 9.17) is 9.31 Å².